The number of nitrogens with zero attached hydrogens (tertiary/aromatic N) is 3. The molecule has 3 heterocycles. The van der Waals surface area contributed by atoms with E-state index in [1.54, 1.807) is 5.51 Å². The molecule has 1 spiro atoms. The Morgan fingerprint density at radius 2 is 1.89 bits per heavy atom. The van der Waals surface area contributed by atoms with Gasteiger partial charge in [-0.1, -0.05) is 19.3 Å². The van der Waals surface area contributed by atoms with E-state index in [1.807, 2.05) is 5.38 Å². The van der Waals surface area contributed by atoms with Gasteiger partial charge in [-0.3, -0.25) is 9.59 Å². The summed E-state index contributed by atoms with van der Waals surface area (Å²) < 4.78 is 0. The van der Waals surface area contributed by atoms with Crippen LogP contribution in [0, 0.1) is 11.3 Å². The molecule has 3 aliphatic rings. The Morgan fingerprint density at radius 3 is 2.54 bits per heavy atom. The summed E-state index contributed by atoms with van der Waals surface area (Å²) in [5, 5.41) is 8.77. The SMILES string of the molecule is O=C(c1cscn1)N1CCCC2(CCN(CC3CCCCC3)CC2)C1.O=CO. The molecule has 0 radical (unpaired) electrons. The molecule has 156 valence electrons. The van der Waals surface area contributed by atoms with Crippen LogP contribution in [0.4, 0.5) is 0 Å². The number of aromatic nitrogens is 1. The number of carboxylic acid groups (broad SMARTS) is 1. The maximum Gasteiger partial charge on any atom is 0.290 e. The molecule has 28 heavy (non-hydrogen) atoms. The van der Waals surface area contributed by atoms with E-state index in [-0.39, 0.29) is 12.4 Å². The smallest absolute Gasteiger partial charge is 0.290 e. The monoisotopic (exact) mass is 407 g/mol. The van der Waals surface area contributed by atoms with E-state index in [2.05, 4.69) is 14.8 Å². The minimum atomic E-state index is -0.250. The number of piperidine rings is 2. The van der Waals surface area contributed by atoms with Crippen LogP contribution in [0.15, 0.2) is 10.9 Å². The van der Waals surface area contributed by atoms with Crippen molar-refractivity contribution in [3.63, 3.8) is 0 Å². The lowest BCUT2D eigenvalue weighted by molar-refractivity contribution is -0.122. The van der Waals surface area contributed by atoms with Crippen molar-refractivity contribution >= 4 is 23.7 Å². The number of hydrogen-bond donors (Lipinski definition) is 1. The molecule has 2 saturated heterocycles. The Balaban J connectivity index is 0.000000706. The molecule has 1 amide bonds. The van der Waals surface area contributed by atoms with Gasteiger partial charge in [0.2, 0.25) is 0 Å². The fourth-order valence-electron chi connectivity index (χ4n) is 5.21. The molecule has 2 aliphatic heterocycles. The van der Waals surface area contributed by atoms with Gasteiger partial charge in [-0.05, 0) is 62.9 Å². The van der Waals surface area contributed by atoms with Gasteiger partial charge < -0.3 is 14.9 Å². The Kier molecular flexibility index (Phi) is 7.85. The van der Waals surface area contributed by atoms with Crippen LogP contribution in [0.2, 0.25) is 0 Å². The van der Waals surface area contributed by atoms with Crippen molar-refractivity contribution in [2.24, 2.45) is 11.3 Å². The van der Waals surface area contributed by atoms with Crippen molar-refractivity contribution in [3.8, 4) is 0 Å². The molecule has 1 aliphatic carbocycles. The highest BCUT2D eigenvalue weighted by atomic mass is 32.1. The average molecular weight is 408 g/mol. The molecule has 1 N–H and O–H groups in total. The van der Waals surface area contributed by atoms with Crippen LogP contribution in [0.3, 0.4) is 0 Å². The van der Waals surface area contributed by atoms with E-state index in [4.69, 9.17) is 9.90 Å². The predicted octanol–water partition coefficient (Wildman–Crippen LogP) is 3.74. The summed E-state index contributed by atoms with van der Waals surface area (Å²) in [7, 11) is 0. The van der Waals surface area contributed by atoms with Gasteiger partial charge in [-0.25, -0.2) is 4.98 Å². The van der Waals surface area contributed by atoms with Crippen LogP contribution in [-0.4, -0.2) is 65.0 Å². The first-order valence-corrected chi connectivity index (χ1v) is 11.6. The van der Waals surface area contributed by atoms with Gasteiger partial charge in [0.25, 0.3) is 12.4 Å². The molecule has 3 fully saturated rings. The third kappa shape index (κ3) is 5.54. The van der Waals surface area contributed by atoms with Crippen molar-refractivity contribution in [1.29, 1.82) is 0 Å². The van der Waals surface area contributed by atoms with E-state index in [0.29, 0.717) is 11.1 Å². The standard InChI is InChI=1S/C20H31N3OS.CH2O2/c24-19(18-14-25-16-21-18)23-10-4-7-20(15-23)8-11-22(12-9-20)13-17-5-2-1-3-6-17;2-1-3/h14,16-17H,1-13,15H2;1H,(H,2,3). The van der Waals surface area contributed by atoms with Crippen molar-refractivity contribution in [1.82, 2.24) is 14.8 Å². The number of rotatable bonds is 3. The molecular formula is C21H33N3O3S. The van der Waals surface area contributed by atoms with Gasteiger partial charge in [0, 0.05) is 25.0 Å². The normalized spacial score (nSPS) is 23.1. The lowest BCUT2D eigenvalue weighted by Gasteiger charge is -2.48. The third-order valence-electron chi connectivity index (χ3n) is 6.76. The molecule has 1 aromatic heterocycles. The second kappa shape index (κ2) is 10.3. The molecule has 1 saturated carbocycles. The highest BCUT2D eigenvalue weighted by Gasteiger charge is 2.40. The number of carbonyl (C=O) groups excluding carboxylic acids is 1. The van der Waals surface area contributed by atoms with Crippen LogP contribution >= 0.6 is 11.3 Å². The fraction of sp³-hybridized carbons (Fsp3) is 0.762. The van der Waals surface area contributed by atoms with Crippen LogP contribution in [0.1, 0.15) is 68.3 Å². The Labute approximate surface area is 171 Å². The van der Waals surface area contributed by atoms with Gasteiger partial charge in [0.1, 0.15) is 5.69 Å². The minimum Gasteiger partial charge on any atom is -0.483 e. The third-order valence-corrected chi connectivity index (χ3v) is 7.34. The predicted molar refractivity (Wildman–Crippen MR) is 111 cm³/mol. The lowest BCUT2D eigenvalue weighted by Crippen LogP contribution is -2.51. The maximum absolute atomic E-state index is 12.7. The number of thiazole rings is 1. The van der Waals surface area contributed by atoms with E-state index < -0.39 is 0 Å². The second-order valence-electron chi connectivity index (χ2n) is 8.61. The molecule has 1 aromatic rings. The molecule has 6 nitrogen and oxygen atoms in total. The molecule has 0 unspecified atom stereocenters. The van der Waals surface area contributed by atoms with Crippen molar-refractivity contribution in [2.75, 3.05) is 32.7 Å². The number of amides is 1. The van der Waals surface area contributed by atoms with E-state index in [0.717, 1.165) is 25.4 Å². The first kappa shape index (κ1) is 21.2. The Hall–Kier alpha value is -1.47. The molecule has 0 atom stereocenters. The quantitative estimate of drug-likeness (QED) is 0.773. The summed E-state index contributed by atoms with van der Waals surface area (Å²) in [5.74, 6) is 1.09. The summed E-state index contributed by atoms with van der Waals surface area (Å²) in [6.45, 7) is 5.38. The zero-order chi connectivity index (χ0) is 19.8. The van der Waals surface area contributed by atoms with Gasteiger partial charge >= 0.3 is 0 Å². The van der Waals surface area contributed by atoms with Crippen molar-refractivity contribution in [3.05, 3.63) is 16.6 Å². The van der Waals surface area contributed by atoms with E-state index >= 15 is 0 Å². The van der Waals surface area contributed by atoms with Crippen LogP contribution in [0.25, 0.3) is 0 Å². The zero-order valence-electron chi connectivity index (χ0n) is 16.7. The minimum absolute atomic E-state index is 0.143. The Morgan fingerprint density at radius 1 is 1.18 bits per heavy atom. The fourth-order valence-corrected chi connectivity index (χ4v) is 5.74. The zero-order valence-corrected chi connectivity index (χ0v) is 17.5. The first-order valence-electron chi connectivity index (χ1n) is 10.6. The van der Waals surface area contributed by atoms with Crippen molar-refractivity contribution < 1.29 is 14.7 Å². The Bertz CT molecular complexity index is 608. The second-order valence-corrected chi connectivity index (χ2v) is 9.33. The van der Waals surface area contributed by atoms with Gasteiger partial charge in [0.05, 0.1) is 5.51 Å². The topological polar surface area (TPSA) is 73.7 Å². The molecule has 0 aromatic carbocycles. The van der Waals surface area contributed by atoms with Crippen LogP contribution < -0.4 is 0 Å². The number of likely N-dealkylation sites (tertiary alicyclic amines) is 2. The molecule has 0 bridgehead atoms. The summed E-state index contributed by atoms with van der Waals surface area (Å²) in [6, 6.07) is 0. The first-order chi connectivity index (χ1) is 13.7. The molecular weight excluding hydrogens is 374 g/mol. The highest BCUT2D eigenvalue weighted by molar-refractivity contribution is 7.07. The number of carbonyl (C=O) groups is 2. The maximum atomic E-state index is 12.7. The van der Waals surface area contributed by atoms with Crippen LogP contribution in [0.5, 0.6) is 0 Å². The van der Waals surface area contributed by atoms with Gasteiger partial charge in [0.15, 0.2) is 0 Å². The molecule has 7 heteroatoms. The largest absolute Gasteiger partial charge is 0.483 e. The van der Waals surface area contributed by atoms with E-state index in [1.165, 1.54) is 82.3 Å². The van der Waals surface area contributed by atoms with Crippen molar-refractivity contribution in [2.45, 2.75) is 57.8 Å². The highest BCUT2D eigenvalue weighted by Crippen LogP contribution is 2.40. The number of hydrogen-bond acceptors (Lipinski definition) is 5. The summed E-state index contributed by atoms with van der Waals surface area (Å²) >= 11 is 1.51. The summed E-state index contributed by atoms with van der Waals surface area (Å²) in [5.41, 5.74) is 2.76. The summed E-state index contributed by atoms with van der Waals surface area (Å²) in [6.07, 6.45) is 12.2. The molecule has 4 rings (SSSR count). The average Bonchev–Trinajstić information content (AvgIpc) is 3.26. The van der Waals surface area contributed by atoms with Gasteiger partial charge in [-0.2, -0.15) is 0 Å². The van der Waals surface area contributed by atoms with E-state index in [9.17, 15) is 4.79 Å². The summed E-state index contributed by atoms with van der Waals surface area (Å²) in [4.78, 5) is 30.0. The van der Waals surface area contributed by atoms with Crippen LogP contribution in [-0.2, 0) is 4.79 Å². The lowest BCUT2D eigenvalue weighted by atomic mass is 9.72. The van der Waals surface area contributed by atoms with Gasteiger partial charge in [-0.15, -0.1) is 11.3 Å².